The molecule has 0 saturated heterocycles. The van der Waals surface area contributed by atoms with E-state index in [0.717, 1.165) is 0 Å². The minimum atomic E-state index is -1.83. The summed E-state index contributed by atoms with van der Waals surface area (Å²) in [6, 6.07) is 0. The summed E-state index contributed by atoms with van der Waals surface area (Å²) >= 11 is 4.68. The highest BCUT2D eigenvalue weighted by Crippen LogP contribution is 2.25. The molecule has 0 bridgehead atoms. The van der Waals surface area contributed by atoms with Crippen LogP contribution in [0.15, 0.2) is 101 Å². The van der Waals surface area contributed by atoms with E-state index in [2.05, 4.69) is 116 Å². The number of alkyl carbamates (subject to hydrolysis) is 4. The predicted molar refractivity (Wildman–Crippen MR) is 535 cm³/mol. The first-order chi connectivity index (χ1) is 67.6. The van der Waals surface area contributed by atoms with Crippen molar-refractivity contribution in [3.05, 3.63) is 101 Å². The van der Waals surface area contributed by atoms with Crippen molar-refractivity contribution in [3.8, 4) is 0 Å². The van der Waals surface area contributed by atoms with Crippen LogP contribution in [0.4, 0.5) is 19.2 Å². The van der Waals surface area contributed by atoms with Crippen molar-refractivity contribution in [1.29, 1.82) is 0 Å². The Labute approximate surface area is 844 Å². The second-order valence-corrected chi connectivity index (χ2v) is 37.0. The highest BCUT2D eigenvalue weighted by Gasteiger charge is 2.40. The fourth-order valence-electron chi connectivity index (χ4n) is 10.5. The van der Waals surface area contributed by atoms with E-state index in [1.807, 2.05) is 0 Å². The van der Waals surface area contributed by atoms with Gasteiger partial charge < -0.3 is 140 Å². The summed E-state index contributed by atoms with van der Waals surface area (Å²) in [6.45, 7) is 34.0. The van der Waals surface area contributed by atoms with Gasteiger partial charge in [-0.25, -0.2) is 19.2 Å². The maximum atomic E-state index is 13.8. The maximum Gasteiger partial charge on any atom is 0.407 e. The van der Waals surface area contributed by atoms with Crippen molar-refractivity contribution in [3.63, 3.8) is 0 Å². The van der Waals surface area contributed by atoms with Gasteiger partial charge in [-0.15, -0.1) is 52.6 Å². The van der Waals surface area contributed by atoms with Crippen LogP contribution in [0.5, 0.6) is 0 Å². The first-order valence-electron chi connectivity index (χ1n) is 46.1. The van der Waals surface area contributed by atoms with E-state index in [9.17, 15) is 76.7 Å². The summed E-state index contributed by atoms with van der Waals surface area (Å²) in [4.78, 5) is 210. The number of hydrogen-bond acceptors (Lipinski definition) is 44. The van der Waals surface area contributed by atoms with Crippen LogP contribution in [0.3, 0.4) is 0 Å². The molecule has 0 aliphatic carbocycles. The smallest absolute Gasteiger partial charge is 0.407 e. The Balaban J connectivity index is 7.15. The summed E-state index contributed by atoms with van der Waals surface area (Å²) in [5.41, 5.74) is -7.62. The van der Waals surface area contributed by atoms with Crippen molar-refractivity contribution < 1.29 is 153 Å². The minimum Gasteiger partial charge on any atom is -0.465 e. The zero-order valence-corrected chi connectivity index (χ0v) is 85.5. The molecule has 0 heterocycles. The van der Waals surface area contributed by atoms with Crippen molar-refractivity contribution in [2.75, 3.05) is 256 Å². The van der Waals surface area contributed by atoms with Gasteiger partial charge in [-0.1, -0.05) is 48.6 Å². The van der Waals surface area contributed by atoms with Gasteiger partial charge >= 0.3 is 96.0 Å². The molecule has 0 unspecified atom stereocenters. The lowest BCUT2D eigenvalue weighted by Crippen LogP contribution is -2.54. The maximum absolute atomic E-state index is 13.8. The third-order valence-electron chi connectivity index (χ3n) is 18.2. The summed E-state index contributed by atoms with van der Waals surface area (Å²) in [5.74, 6) is -7.30. The zero-order chi connectivity index (χ0) is 105. The molecule has 0 rings (SSSR count). The Bertz CT molecular complexity index is 3180. The number of esters is 12. The summed E-state index contributed by atoms with van der Waals surface area (Å²) in [7, 11) is 0. The topological polar surface area (TPSA) is 565 Å². The molecule has 0 aliphatic rings. The molecular weight excluding hydrogens is 1930 g/mol. The van der Waals surface area contributed by atoms with Gasteiger partial charge in [0, 0.05) is 151 Å². The normalized spacial score (nSPS) is 11.2. The van der Waals surface area contributed by atoms with Gasteiger partial charge in [0.1, 0.15) is 133 Å². The second kappa shape index (κ2) is 84.3. The third-order valence-corrected chi connectivity index (χ3v) is 22.0. The summed E-state index contributed by atoms with van der Waals surface area (Å²) in [5, 5.41) is 34.3. The van der Waals surface area contributed by atoms with Gasteiger partial charge in [0.15, 0.2) is 0 Å². The van der Waals surface area contributed by atoms with Crippen molar-refractivity contribution >= 4 is 143 Å². The largest absolute Gasteiger partial charge is 0.465 e. The minimum absolute atomic E-state index is 0.0158. The predicted octanol–water partition coefficient (Wildman–Crippen LogP) is 4.25. The number of ether oxygens (including phenoxy) is 16. The zero-order valence-electron chi connectivity index (χ0n) is 82.2. The van der Waals surface area contributed by atoms with Crippen LogP contribution in [-0.2, 0) is 133 Å². The van der Waals surface area contributed by atoms with Crippen LogP contribution in [0, 0.1) is 5.41 Å². The Hall–Kier alpha value is -10.3. The molecule has 0 aromatic heterocycles. The van der Waals surface area contributed by atoms with Gasteiger partial charge in [-0.05, 0) is 27.7 Å². The molecule has 0 fully saturated rings. The average molecular weight is 2080 g/mol. The Morgan fingerprint density at radius 1 is 0.199 bits per heavy atom. The van der Waals surface area contributed by atoms with Crippen molar-refractivity contribution in [2.24, 2.45) is 5.41 Å². The standard InChI is InChI=1S/C93H152N12O32S4/c1-13-33-94-41-21-73(106)126-61-89(9,62-127-74(107)22-42-95-34-14-2)102-85(118)122-49-57-138-53-29-81(114)134-69-93(70-135-82(115)30-54-139-58-50-123-86(119)103-90(10,63-128-75(108)23-43-96-35-15-3)64-129-76(109)24-44-97-36-16-4,71-136-83(116)31-55-140-59-51-124-87(120)104-91(11,65-130-77(110)25-45-98-37-17-5)66-131-78(111)26-46-99-38-18-6)72-137-84(117)32-56-141-60-52-125-88(121)105-92(12,67-132-79(112)27-47-100-39-19-7)68-133-80(113)28-48-101-40-20-8/h13-20,94-101H,1-8,21-72H2,9-12H3,(H,102,118)(H,103,119)(H,104,120)(H,105,121). The van der Waals surface area contributed by atoms with Crippen LogP contribution in [0.2, 0.25) is 0 Å². The number of carbonyl (C=O) groups excluding carboxylic acids is 16. The number of rotatable bonds is 92. The molecule has 0 aromatic rings. The molecular formula is C93H152N12O32S4. The van der Waals surface area contributed by atoms with Crippen molar-refractivity contribution in [2.45, 2.75) is 127 Å². The highest BCUT2D eigenvalue weighted by molar-refractivity contribution is 7.99. The molecule has 0 aliphatic heterocycles. The lowest BCUT2D eigenvalue weighted by Gasteiger charge is -2.31. The van der Waals surface area contributed by atoms with E-state index in [4.69, 9.17) is 75.8 Å². The molecule has 800 valence electrons. The van der Waals surface area contributed by atoms with Gasteiger partial charge in [-0.3, -0.25) is 57.5 Å². The van der Waals surface area contributed by atoms with Gasteiger partial charge in [0.25, 0.3) is 0 Å². The fourth-order valence-corrected chi connectivity index (χ4v) is 13.4. The molecule has 0 saturated carbocycles. The van der Waals surface area contributed by atoms with Gasteiger partial charge in [0.05, 0.1) is 77.0 Å². The highest BCUT2D eigenvalue weighted by atomic mass is 32.2. The third kappa shape index (κ3) is 77.1. The lowest BCUT2D eigenvalue weighted by atomic mass is 9.92. The molecule has 12 N–H and O–H groups in total. The van der Waals surface area contributed by atoms with Crippen LogP contribution in [0.25, 0.3) is 0 Å². The first-order valence-corrected chi connectivity index (χ1v) is 50.8. The number of hydrogen-bond donors (Lipinski definition) is 12. The van der Waals surface area contributed by atoms with E-state index >= 15 is 0 Å². The first kappa shape index (κ1) is 131. The van der Waals surface area contributed by atoms with E-state index < -0.39 is 203 Å². The average Bonchev–Trinajstić information content (AvgIpc) is 0.837. The van der Waals surface area contributed by atoms with Crippen LogP contribution >= 0.6 is 47.0 Å². The van der Waals surface area contributed by atoms with Crippen LogP contribution in [-0.4, -0.2) is 375 Å². The Kier molecular flexibility index (Phi) is 78.1. The van der Waals surface area contributed by atoms with Gasteiger partial charge in [0.2, 0.25) is 0 Å². The molecule has 0 aromatic carbocycles. The fraction of sp³-hybridized carbons (Fsp3) is 0.656. The second-order valence-electron chi connectivity index (χ2n) is 32.1. The van der Waals surface area contributed by atoms with E-state index in [1.54, 1.807) is 48.6 Å². The van der Waals surface area contributed by atoms with E-state index in [0.29, 0.717) is 52.4 Å². The van der Waals surface area contributed by atoms with Crippen molar-refractivity contribution in [1.82, 2.24) is 63.8 Å². The lowest BCUT2D eigenvalue weighted by molar-refractivity contribution is -0.171. The number of thioether (sulfide) groups is 4. The number of nitrogens with one attached hydrogen (secondary N) is 12. The molecule has 0 radical (unpaired) electrons. The molecule has 141 heavy (non-hydrogen) atoms. The van der Waals surface area contributed by atoms with Gasteiger partial charge in [-0.2, -0.15) is 47.0 Å². The Morgan fingerprint density at radius 3 is 0.475 bits per heavy atom. The number of amides is 4. The molecule has 4 amide bonds. The molecule has 0 spiro atoms. The number of carbonyl (C=O) groups is 16. The Morgan fingerprint density at radius 2 is 0.333 bits per heavy atom. The molecule has 0 atom stereocenters. The molecule has 44 nitrogen and oxygen atoms in total. The van der Waals surface area contributed by atoms with E-state index in [1.165, 1.54) is 74.7 Å². The monoisotopic (exact) mass is 2080 g/mol. The quantitative estimate of drug-likeness (QED) is 0.0175. The van der Waals surface area contributed by atoms with Crippen LogP contribution in [0.1, 0.15) is 105 Å². The summed E-state index contributed by atoms with van der Waals surface area (Å²) in [6.07, 6.45) is 7.90. The summed E-state index contributed by atoms with van der Waals surface area (Å²) < 4.78 is 88.6. The van der Waals surface area contributed by atoms with E-state index in [-0.39, 0.29) is 202 Å². The SMILES string of the molecule is C=CCNCCC(=O)OCC(C)(COC(=O)CCNCC=C)NC(=O)OCCSCCC(=O)OCC(COC(=O)CCSCCOC(=O)NC(C)(COC(=O)CCNCC=C)COC(=O)CCNCC=C)(COC(=O)CCSCCOC(=O)NC(C)(COC(=O)CCNCC=C)COC(=O)CCNCC=C)COC(=O)CCSCCOC(=O)NC(C)(COC(=O)CCNCC=C)COC(=O)CCNCC=C. The van der Waals surface area contributed by atoms with Crippen LogP contribution < -0.4 is 63.8 Å². The molecule has 48 heteroatoms.